The predicted octanol–water partition coefficient (Wildman–Crippen LogP) is 3.05. The summed E-state index contributed by atoms with van der Waals surface area (Å²) in [6.45, 7) is 1.61. The first-order valence-corrected chi connectivity index (χ1v) is 6.45. The molecule has 13 heteroatoms. The van der Waals surface area contributed by atoms with E-state index in [0.717, 1.165) is 0 Å². The summed E-state index contributed by atoms with van der Waals surface area (Å²) in [6.07, 6.45) is -12.4. The minimum Gasteiger partial charge on any atom is -0.369 e. The highest BCUT2D eigenvalue weighted by atomic mass is 19.4. The monoisotopic (exact) mass is 375 g/mol. The van der Waals surface area contributed by atoms with Crippen LogP contribution < -0.4 is 10.6 Å². The fourth-order valence-electron chi connectivity index (χ4n) is 1.83. The first-order chi connectivity index (χ1) is 11.3. The van der Waals surface area contributed by atoms with Crippen molar-refractivity contribution in [1.82, 2.24) is 5.32 Å². The summed E-state index contributed by atoms with van der Waals surface area (Å²) >= 11 is 0. The molecule has 1 rings (SSSR count). The smallest absolute Gasteiger partial charge is 0.369 e. The number of nitrogens with one attached hydrogen (secondary N) is 2. The van der Waals surface area contributed by atoms with Crippen molar-refractivity contribution in [3.8, 4) is 0 Å². The van der Waals surface area contributed by atoms with Crippen molar-refractivity contribution >= 4 is 17.4 Å². The highest BCUT2D eigenvalue weighted by Gasteiger charge is 2.71. The molecule has 0 atom stereocenters. The van der Waals surface area contributed by atoms with Crippen LogP contribution in [0.4, 0.5) is 42.5 Å². The number of benzene rings is 1. The molecule has 0 aromatic heterocycles. The van der Waals surface area contributed by atoms with Gasteiger partial charge in [-0.15, -0.1) is 0 Å². The third-order valence-corrected chi connectivity index (χ3v) is 3.02. The number of carbonyl (C=O) groups is 1. The summed E-state index contributed by atoms with van der Waals surface area (Å²) in [6, 6.07) is -0.399. The van der Waals surface area contributed by atoms with Crippen molar-refractivity contribution in [3.63, 3.8) is 0 Å². The van der Waals surface area contributed by atoms with Gasteiger partial charge < -0.3 is 15.7 Å². The van der Waals surface area contributed by atoms with Gasteiger partial charge in [-0.2, -0.15) is 26.3 Å². The number of hydrogen-bond acceptors (Lipinski definition) is 4. The van der Waals surface area contributed by atoms with Crippen LogP contribution in [-0.2, 0) is 5.60 Å². The number of rotatable bonds is 4. The molecule has 0 spiro atoms. The van der Waals surface area contributed by atoms with Gasteiger partial charge in [0.1, 0.15) is 5.69 Å². The number of alkyl halides is 6. The summed E-state index contributed by atoms with van der Waals surface area (Å²) in [7, 11) is 0. The van der Waals surface area contributed by atoms with E-state index in [1.54, 1.807) is 0 Å². The van der Waals surface area contributed by atoms with Gasteiger partial charge in [-0.1, -0.05) is 6.07 Å². The molecule has 0 heterocycles. The Morgan fingerprint density at radius 3 is 2.12 bits per heavy atom. The van der Waals surface area contributed by atoms with Crippen LogP contribution in [0.1, 0.15) is 12.5 Å². The van der Waals surface area contributed by atoms with Gasteiger partial charge in [0, 0.05) is 18.2 Å². The zero-order valence-electron chi connectivity index (χ0n) is 12.3. The predicted molar refractivity (Wildman–Crippen MR) is 71.8 cm³/mol. The molecule has 0 bridgehead atoms. The zero-order chi connectivity index (χ0) is 19.6. The van der Waals surface area contributed by atoms with Gasteiger partial charge in [0.15, 0.2) is 0 Å². The van der Waals surface area contributed by atoms with E-state index < -0.39 is 45.8 Å². The van der Waals surface area contributed by atoms with E-state index in [1.807, 2.05) is 5.32 Å². The average Bonchev–Trinajstić information content (AvgIpc) is 2.44. The van der Waals surface area contributed by atoms with Crippen molar-refractivity contribution in [3.05, 3.63) is 33.9 Å². The van der Waals surface area contributed by atoms with E-state index in [-0.39, 0.29) is 18.7 Å². The number of amides is 2. The number of anilines is 1. The van der Waals surface area contributed by atoms with Crippen molar-refractivity contribution in [2.75, 3.05) is 11.9 Å². The highest BCUT2D eigenvalue weighted by Crippen LogP contribution is 2.50. The second-order valence-corrected chi connectivity index (χ2v) is 4.68. The number of hydrogen-bond donors (Lipinski definition) is 3. The highest BCUT2D eigenvalue weighted by molar-refractivity contribution is 5.91. The van der Waals surface area contributed by atoms with E-state index in [1.165, 1.54) is 6.92 Å². The van der Waals surface area contributed by atoms with Crippen LogP contribution in [0.15, 0.2) is 18.2 Å². The Kier molecular flexibility index (Phi) is 5.52. The van der Waals surface area contributed by atoms with Gasteiger partial charge in [-0.25, -0.2) is 4.79 Å². The molecule has 25 heavy (non-hydrogen) atoms. The van der Waals surface area contributed by atoms with Crippen molar-refractivity contribution in [2.24, 2.45) is 0 Å². The van der Waals surface area contributed by atoms with E-state index in [0.29, 0.717) is 6.07 Å². The maximum absolute atomic E-state index is 12.8. The molecule has 0 aliphatic heterocycles. The maximum atomic E-state index is 12.8. The molecule has 0 unspecified atom stereocenters. The fourth-order valence-corrected chi connectivity index (χ4v) is 1.83. The molecule has 0 saturated carbocycles. The van der Waals surface area contributed by atoms with Crippen LogP contribution in [0.3, 0.4) is 0 Å². The number of nitrogens with zero attached hydrogens (tertiary/aromatic N) is 1. The summed E-state index contributed by atoms with van der Waals surface area (Å²) in [5.41, 5.74) is -9.02. The molecule has 1 aromatic carbocycles. The Bertz CT molecular complexity index is 660. The number of aliphatic hydroxyl groups is 1. The molecule has 0 fully saturated rings. The molecule has 7 nitrogen and oxygen atoms in total. The Hall–Kier alpha value is -2.57. The summed E-state index contributed by atoms with van der Waals surface area (Å²) in [4.78, 5) is 21.0. The minimum absolute atomic E-state index is 0.0947. The molecule has 1 aromatic rings. The van der Waals surface area contributed by atoms with Gasteiger partial charge in [-0.05, 0) is 13.0 Å². The van der Waals surface area contributed by atoms with Gasteiger partial charge in [0.25, 0.3) is 11.3 Å². The number of nitro groups is 1. The van der Waals surface area contributed by atoms with Gasteiger partial charge >= 0.3 is 18.4 Å². The third kappa shape index (κ3) is 3.92. The Morgan fingerprint density at radius 2 is 1.72 bits per heavy atom. The van der Waals surface area contributed by atoms with E-state index in [4.69, 9.17) is 0 Å². The van der Waals surface area contributed by atoms with E-state index >= 15 is 0 Å². The molecule has 140 valence electrons. The Labute approximate surface area is 135 Å². The van der Waals surface area contributed by atoms with E-state index in [2.05, 4.69) is 5.32 Å². The van der Waals surface area contributed by atoms with Crippen LogP contribution in [0, 0.1) is 10.1 Å². The number of halogens is 6. The molecule has 3 N–H and O–H groups in total. The van der Waals surface area contributed by atoms with Crippen LogP contribution in [0.25, 0.3) is 0 Å². The van der Waals surface area contributed by atoms with Gasteiger partial charge in [0.05, 0.1) is 4.92 Å². The molecule has 0 radical (unpaired) electrons. The fraction of sp³-hybridized carbons (Fsp3) is 0.417. The lowest BCUT2D eigenvalue weighted by atomic mass is 9.91. The standard InChI is InChI=1S/C12H11F6N3O4/c1-2-19-9(22)20-7-4-3-6(5-8(7)21(24)25)10(23,11(13,14)15)12(16,17)18/h3-5,23H,2H2,1H3,(H2,19,20,22). The number of urea groups is 1. The quantitative estimate of drug-likeness (QED) is 0.427. The topological polar surface area (TPSA) is 104 Å². The second-order valence-electron chi connectivity index (χ2n) is 4.68. The average molecular weight is 375 g/mol. The zero-order valence-corrected chi connectivity index (χ0v) is 12.3. The first kappa shape index (κ1) is 20.5. The molecule has 0 aliphatic rings. The second kappa shape index (κ2) is 6.74. The first-order valence-electron chi connectivity index (χ1n) is 6.45. The molecule has 0 saturated heterocycles. The van der Waals surface area contributed by atoms with Crippen molar-refractivity contribution in [1.29, 1.82) is 0 Å². The lowest BCUT2D eigenvalue weighted by Crippen LogP contribution is -2.53. The van der Waals surface area contributed by atoms with E-state index in [9.17, 15) is 46.4 Å². The molecular weight excluding hydrogens is 364 g/mol. The SMILES string of the molecule is CCNC(=O)Nc1ccc(C(O)(C(F)(F)F)C(F)(F)F)cc1[N+](=O)[O-]. The summed E-state index contributed by atoms with van der Waals surface area (Å²) in [5, 5.41) is 24.3. The van der Waals surface area contributed by atoms with Crippen molar-refractivity contribution < 1.29 is 41.2 Å². The largest absolute Gasteiger partial charge is 0.430 e. The van der Waals surface area contributed by atoms with Gasteiger partial charge in [-0.3, -0.25) is 10.1 Å². The molecule has 2 amide bonds. The normalized spacial score (nSPS) is 12.6. The molecular formula is C12H11F6N3O4. The Balaban J connectivity index is 3.51. The van der Waals surface area contributed by atoms with Crippen LogP contribution in [-0.4, -0.2) is 35.0 Å². The maximum Gasteiger partial charge on any atom is 0.430 e. The van der Waals surface area contributed by atoms with Crippen molar-refractivity contribution in [2.45, 2.75) is 24.9 Å². The number of carbonyl (C=O) groups excluding carboxylic acids is 1. The molecule has 0 aliphatic carbocycles. The summed E-state index contributed by atoms with van der Waals surface area (Å²) in [5.74, 6) is 0. The lowest BCUT2D eigenvalue weighted by molar-refractivity contribution is -0.386. The van der Waals surface area contributed by atoms with Crippen LogP contribution in [0.5, 0.6) is 0 Å². The van der Waals surface area contributed by atoms with Gasteiger partial charge in [0.2, 0.25) is 0 Å². The number of nitro benzene ring substituents is 1. The summed E-state index contributed by atoms with van der Waals surface area (Å²) < 4.78 is 76.9. The third-order valence-electron chi connectivity index (χ3n) is 3.02. The Morgan fingerprint density at radius 1 is 1.20 bits per heavy atom. The lowest BCUT2D eigenvalue weighted by Gasteiger charge is -2.32. The minimum atomic E-state index is -6.19. The van der Waals surface area contributed by atoms with Crippen LogP contribution >= 0.6 is 0 Å². The van der Waals surface area contributed by atoms with Crippen LogP contribution in [0.2, 0.25) is 0 Å².